The highest BCUT2D eigenvalue weighted by molar-refractivity contribution is 6.31. The molecule has 1 aromatic rings. The summed E-state index contributed by atoms with van der Waals surface area (Å²) in [6.45, 7) is 3.92. The molecule has 2 rings (SSSR count). The van der Waals surface area contributed by atoms with Crippen LogP contribution in [0.3, 0.4) is 0 Å². The zero-order chi connectivity index (χ0) is 10.3. The van der Waals surface area contributed by atoms with E-state index in [9.17, 15) is 5.11 Å². The predicted octanol–water partition coefficient (Wildman–Crippen LogP) is 3.06. The molecule has 0 radical (unpaired) electrons. The van der Waals surface area contributed by atoms with Crippen LogP contribution in [0.4, 0.5) is 0 Å². The first-order chi connectivity index (χ1) is 6.58. The average molecular weight is 211 g/mol. The van der Waals surface area contributed by atoms with Crippen molar-refractivity contribution in [2.24, 2.45) is 0 Å². The van der Waals surface area contributed by atoms with Crippen molar-refractivity contribution in [3.8, 4) is 0 Å². The van der Waals surface area contributed by atoms with Gasteiger partial charge in [0.15, 0.2) is 0 Å². The number of halogens is 1. The Bertz CT molecular complexity index is 333. The maximum atomic E-state index is 9.79. The first-order valence-corrected chi connectivity index (χ1v) is 5.39. The largest absolute Gasteiger partial charge is 0.392 e. The average Bonchev–Trinajstić information content (AvgIpc) is 2.85. The lowest BCUT2D eigenvalue weighted by Gasteiger charge is -2.22. The molecule has 1 fully saturated rings. The zero-order valence-electron chi connectivity index (χ0n) is 8.55. The van der Waals surface area contributed by atoms with E-state index in [1.807, 2.05) is 19.1 Å². The van der Waals surface area contributed by atoms with Gasteiger partial charge in [0.25, 0.3) is 0 Å². The second-order valence-corrected chi connectivity index (χ2v) is 4.67. The summed E-state index contributed by atoms with van der Waals surface area (Å²) < 4.78 is 0. The Morgan fingerprint density at radius 2 is 2.07 bits per heavy atom. The predicted molar refractivity (Wildman–Crippen MR) is 58.8 cm³/mol. The van der Waals surface area contributed by atoms with E-state index in [4.69, 9.17) is 11.6 Å². The van der Waals surface area contributed by atoms with Gasteiger partial charge in [0.2, 0.25) is 0 Å². The van der Waals surface area contributed by atoms with E-state index in [1.165, 1.54) is 5.56 Å². The highest BCUT2D eigenvalue weighted by Gasteiger charge is 2.50. The van der Waals surface area contributed by atoms with Gasteiger partial charge >= 0.3 is 0 Å². The molecule has 1 aliphatic rings. The lowest BCUT2D eigenvalue weighted by atomic mass is 9.87. The third-order valence-corrected chi connectivity index (χ3v) is 3.62. The summed E-state index contributed by atoms with van der Waals surface area (Å²) in [4.78, 5) is 0. The molecule has 0 spiro atoms. The molecule has 0 aliphatic heterocycles. The Labute approximate surface area is 89.7 Å². The van der Waals surface area contributed by atoms with Crippen LogP contribution in [0, 0.1) is 6.92 Å². The number of aliphatic hydroxyl groups is 1. The molecular weight excluding hydrogens is 196 g/mol. The molecule has 1 aliphatic carbocycles. The van der Waals surface area contributed by atoms with Crippen molar-refractivity contribution in [2.75, 3.05) is 0 Å². The fourth-order valence-electron chi connectivity index (χ4n) is 2.27. The summed E-state index contributed by atoms with van der Waals surface area (Å²) in [7, 11) is 0. The number of rotatable bonds is 2. The molecule has 76 valence electrons. The lowest BCUT2D eigenvalue weighted by molar-refractivity contribution is 0.150. The van der Waals surface area contributed by atoms with Crippen molar-refractivity contribution in [1.82, 2.24) is 0 Å². The van der Waals surface area contributed by atoms with Crippen molar-refractivity contribution < 1.29 is 5.11 Å². The third kappa shape index (κ3) is 1.35. The van der Waals surface area contributed by atoms with Crippen LogP contribution in [0.15, 0.2) is 18.2 Å². The Balaban J connectivity index is 2.51. The Kier molecular flexibility index (Phi) is 2.32. The number of hydrogen-bond donors (Lipinski definition) is 1. The Hall–Kier alpha value is -0.530. The Morgan fingerprint density at radius 3 is 2.50 bits per heavy atom. The second kappa shape index (κ2) is 3.25. The van der Waals surface area contributed by atoms with Gasteiger partial charge in [0, 0.05) is 10.4 Å². The van der Waals surface area contributed by atoms with E-state index in [2.05, 4.69) is 13.0 Å². The van der Waals surface area contributed by atoms with E-state index >= 15 is 0 Å². The first-order valence-electron chi connectivity index (χ1n) is 5.01. The molecular formula is C12H15ClO. The van der Waals surface area contributed by atoms with Crippen LogP contribution in [0.1, 0.15) is 30.9 Å². The molecule has 14 heavy (non-hydrogen) atoms. The van der Waals surface area contributed by atoms with E-state index in [0.29, 0.717) is 0 Å². The van der Waals surface area contributed by atoms with Crippen LogP contribution in [0.25, 0.3) is 0 Å². The molecule has 1 atom stereocenters. The topological polar surface area (TPSA) is 20.2 Å². The number of benzene rings is 1. The van der Waals surface area contributed by atoms with E-state index < -0.39 is 0 Å². The number of aliphatic hydroxyl groups excluding tert-OH is 1. The lowest BCUT2D eigenvalue weighted by Crippen LogP contribution is -2.23. The maximum absolute atomic E-state index is 9.79. The van der Waals surface area contributed by atoms with Gasteiger partial charge in [-0.1, -0.05) is 23.7 Å². The van der Waals surface area contributed by atoms with Crippen LogP contribution in [0.5, 0.6) is 0 Å². The normalized spacial score (nSPS) is 20.6. The van der Waals surface area contributed by atoms with Gasteiger partial charge in [0.05, 0.1) is 6.10 Å². The molecule has 1 aromatic carbocycles. The minimum Gasteiger partial charge on any atom is -0.392 e. The summed E-state index contributed by atoms with van der Waals surface area (Å²) in [5, 5.41) is 10.6. The van der Waals surface area contributed by atoms with Crippen molar-refractivity contribution in [3.63, 3.8) is 0 Å². The summed E-state index contributed by atoms with van der Waals surface area (Å²) >= 11 is 6.19. The zero-order valence-corrected chi connectivity index (χ0v) is 9.30. The minimum atomic E-state index is -0.305. The highest BCUT2D eigenvalue weighted by Crippen LogP contribution is 2.53. The molecule has 2 heteroatoms. The second-order valence-electron chi connectivity index (χ2n) is 4.26. The standard InChI is InChI=1S/C12H15ClO/c1-8-4-3-5-10(13)11(8)12(6-7-12)9(2)14/h3-5,9,14H,6-7H2,1-2H3. The molecule has 1 unspecified atom stereocenters. The molecule has 1 nitrogen and oxygen atoms in total. The smallest absolute Gasteiger partial charge is 0.0609 e. The van der Waals surface area contributed by atoms with Gasteiger partial charge in [-0.25, -0.2) is 0 Å². The molecule has 0 heterocycles. The van der Waals surface area contributed by atoms with Crippen LogP contribution in [-0.4, -0.2) is 11.2 Å². The van der Waals surface area contributed by atoms with Gasteiger partial charge in [-0.3, -0.25) is 0 Å². The SMILES string of the molecule is Cc1cccc(Cl)c1C1(C(C)O)CC1. The van der Waals surface area contributed by atoms with Crippen LogP contribution < -0.4 is 0 Å². The molecule has 1 N–H and O–H groups in total. The van der Waals surface area contributed by atoms with Crippen molar-refractivity contribution in [2.45, 2.75) is 38.2 Å². The molecule has 0 saturated heterocycles. The van der Waals surface area contributed by atoms with Crippen LogP contribution in [-0.2, 0) is 5.41 Å². The summed E-state index contributed by atoms with van der Waals surface area (Å²) in [6.07, 6.45) is 1.80. The molecule has 0 bridgehead atoms. The van der Waals surface area contributed by atoms with E-state index in [1.54, 1.807) is 0 Å². The summed E-state index contributed by atoms with van der Waals surface area (Å²) in [6, 6.07) is 5.93. The molecule has 0 aromatic heterocycles. The van der Waals surface area contributed by atoms with Crippen LogP contribution in [0.2, 0.25) is 5.02 Å². The first kappa shape index (κ1) is 10.0. The molecule has 0 amide bonds. The van der Waals surface area contributed by atoms with E-state index in [0.717, 1.165) is 23.4 Å². The van der Waals surface area contributed by atoms with Gasteiger partial charge in [-0.2, -0.15) is 0 Å². The fourth-order valence-corrected chi connectivity index (χ4v) is 2.68. The van der Waals surface area contributed by atoms with Crippen molar-refractivity contribution >= 4 is 11.6 Å². The Morgan fingerprint density at radius 1 is 1.43 bits per heavy atom. The van der Waals surface area contributed by atoms with Gasteiger partial charge in [-0.15, -0.1) is 0 Å². The molecule has 1 saturated carbocycles. The minimum absolute atomic E-state index is 0.0531. The highest BCUT2D eigenvalue weighted by atomic mass is 35.5. The summed E-state index contributed by atoms with van der Waals surface area (Å²) in [5.74, 6) is 0. The van der Waals surface area contributed by atoms with Crippen molar-refractivity contribution in [1.29, 1.82) is 0 Å². The monoisotopic (exact) mass is 210 g/mol. The summed E-state index contributed by atoms with van der Waals surface area (Å²) in [5.41, 5.74) is 2.29. The number of hydrogen-bond acceptors (Lipinski definition) is 1. The quantitative estimate of drug-likeness (QED) is 0.796. The number of aryl methyl sites for hydroxylation is 1. The maximum Gasteiger partial charge on any atom is 0.0609 e. The fraction of sp³-hybridized carbons (Fsp3) is 0.500. The van der Waals surface area contributed by atoms with Gasteiger partial charge in [0.1, 0.15) is 0 Å². The van der Waals surface area contributed by atoms with Gasteiger partial charge < -0.3 is 5.11 Å². The van der Waals surface area contributed by atoms with Gasteiger partial charge in [-0.05, 0) is 43.9 Å². The van der Waals surface area contributed by atoms with E-state index in [-0.39, 0.29) is 11.5 Å². The van der Waals surface area contributed by atoms with Crippen molar-refractivity contribution in [3.05, 3.63) is 34.3 Å². The van der Waals surface area contributed by atoms with Crippen LogP contribution >= 0.6 is 11.6 Å². The third-order valence-electron chi connectivity index (χ3n) is 3.31.